The van der Waals surface area contributed by atoms with Gasteiger partial charge < -0.3 is 9.94 Å². The van der Waals surface area contributed by atoms with E-state index in [2.05, 4.69) is 0 Å². The minimum atomic E-state index is 0.482. The average Bonchev–Trinajstić information content (AvgIpc) is 2.08. The summed E-state index contributed by atoms with van der Waals surface area (Å²) in [7, 11) is 1.61. The first-order valence-corrected chi connectivity index (χ1v) is 4.34. The molecule has 0 atom stereocenters. The second-order valence-corrected chi connectivity index (χ2v) is 2.86. The molecule has 1 aromatic carbocycles. The van der Waals surface area contributed by atoms with E-state index in [1.54, 1.807) is 7.05 Å². The Kier molecular flexibility index (Phi) is 3.73. The maximum atomic E-state index is 9.08. The van der Waals surface area contributed by atoms with E-state index in [0.29, 0.717) is 13.2 Å². The highest BCUT2D eigenvalue weighted by molar-refractivity contribution is 5.32. The second kappa shape index (κ2) is 4.84. The van der Waals surface area contributed by atoms with Crippen molar-refractivity contribution in [3.8, 4) is 5.75 Å². The number of ether oxygens (including phenoxy) is 1. The van der Waals surface area contributed by atoms with Crippen molar-refractivity contribution >= 4 is 0 Å². The van der Waals surface area contributed by atoms with Crippen LogP contribution in [-0.2, 0) is 6.54 Å². The van der Waals surface area contributed by atoms with Crippen molar-refractivity contribution in [1.29, 1.82) is 0 Å². The second-order valence-electron chi connectivity index (χ2n) is 2.86. The van der Waals surface area contributed by atoms with Gasteiger partial charge >= 0.3 is 0 Å². The third-order valence-corrected chi connectivity index (χ3v) is 1.67. The van der Waals surface area contributed by atoms with Gasteiger partial charge in [-0.2, -0.15) is 5.06 Å². The van der Waals surface area contributed by atoms with Crippen LogP contribution in [0.5, 0.6) is 5.75 Å². The minimum Gasteiger partial charge on any atom is -0.494 e. The van der Waals surface area contributed by atoms with Crippen LogP contribution in [0.2, 0.25) is 0 Å². The molecular formula is C10H15NO2. The van der Waals surface area contributed by atoms with Crippen LogP contribution in [0.25, 0.3) is 0 Å². The van der Waals surface area contributed by atoms with Gasteiger partial charge in [-0.15, -0.1) is 0 Å². The smallest absolute Gasteiger partial charge is 0.123 e. The Hall–Kier alpha value is -1.06. The summed E-state index contributed by atoms with van der Waals surface area (Å²) in [6.07, 6.45) is 0. The molecule has 72 valence electrons. The number of hydrogen-bond acceptors (Lipinski definition) is 3. The van der Waals surface area contributed by atoms with Gasteiger partial charge in [0.05, 0.1) is 13.2 Å². The molecule has 0 aliphatic rings. The molecule has 3 heteroatoms. The summed E-state index contributed by atoms with van der Waals surface area (Å²) >= 11 is 0. The lowest BCUT2D eigenvalue weighted by molar-refractivity contribution is -0.0736. The lowest BCUT2D eigenvalue weighted by atomic mass is 10.2. The van der Waals surface area contributed by atoms with E-state index >= 15 is 0 Å². The number of hydrogen-bond donors (Lipinski definition) is 1. The molecule has 0 unspecified atom stereocenters. The number of benzene rings is 1. The van der Waals surface area contributed by atoms with Crippen molar-refractivity contribution in [3.05, 3.63) is 29.8 Å². The highest BCUT2D eigenvalue weighted by Gasteiger charge is 2.03. The highest BCUT2D eigenvalue weighted by Crippen LogP contribution is 2.18. The molecule has 0 saturated heterocycles. The summed E-state index contributed by atoms with van der Waals surface area (Å²) in [6, 6.07) is 7.70. The summed E-state index contributed by atoms with van der Waals surface area (Å²) in [6.45, 7) is 3.07. The summed E-state index contributed by atoms with van der Waals surface area (Å²) in [5, 5.41) is 10.2. The lowest BCUT2D eigenvalue weighted by Crippen LogP contribution is -2.12. The molecule has 0 heterocycles. The predicted octanol–water partition coefficient (Wildman–Crippen LogP) is 1.91. The van der Waals surface area contributed by atoms with Crippen LogP contribution in [0, 0.1) is 0 Å². The van der Waals surface area contributed by atoms with Crippen LogP contribution in [-0.4, -0.2) is 23.9 Å². The maximum absolute atomic E-state index is 9.08. The Morgan fingerprint density at radius 2 is 2.08 bits per heavy atom. The molecule has 0 radical (unpaired) electrons. The molecule has 0 aromatic heterocycles. The van der Waals surface area contributed by atoms with Crippen molar-refractivity contribution in [1.82, 2.24) is 5.06 Å². The van der Waals surface area contributed by atoms with Gasteiger partial charge in [0.25, 0.3) is 0 Å². The first-order valence-electron chi connectivity index (χ1n) is 4.34. The number of para-hydroxylation sites is 1. The fourth-order valence-electron chi connectivity index (χ4n) is 1.18. The minimum absolute atomic E-state index is 0.482. The molecule has 1 rings (SSSR count). The summed E-state index contributed by atoms with van der Waals surface area (Å²) < 4.78 is 5.40. The zero-order valence-corrected chi connectivity index (χ0v) is 8.03. The molecule has 3 nitrogen and oxygen atoms in total. The van der Waals surface area contributed by atoms with Gasteiger partial charge in [0.1, 0.15) is 5.75 Å². The molecule has 0 saturated carbocycles. The molecule has 1 aromatic rings. The molecule has 0 bridgehead atoms. The van der Waals surface area contributed by atoms with Gasteiger partial charge in [-0.25, -0.2) is 0 Å². The zero-order valence-electron chi connectivity index (χ0n) is 8.03. The van der Waals surface area contributed by atoms with Gasteiger partial charge in [-0.3, -0.25) is 0 Å². The monoisotopic (exact) mass is 181 g/mol. The first kappa shape index (κ1) is 10.0. The Morgan fingerprint density at radius 3 is 2.69 bits per heavy atom. The molecular weight excluding hydrogens is 166 g/mol. The normalized spacial score (nSPS) is 10.5. The van der Waals surface area contributed by atoms with Crippen molar-refractivity contribution in [3.63, 3.8) is 0 Å². The molecule has 0 fully saturated rings. The van der Waals surface area contributed by atoms with Gasteiger partial charge in [-0.1, -0.05) is 18.2 Å². The van der Waals surface area contributed by atoms with Crippen LogP contribution in [0.1, 0.15) is 12.5 Å². The SMILES string of the molecule is CCOc1ccccc1CN(C)O. The van der Waals surface area contributed by atoms with E-state index in [0.717, 1.165) is 16.4 Å². The zero-order chi connectivity index (χ0) is 9.68. The fourth-order valence-corrected chi connectivity index (χ4v) is 1.18. The van der Waals surface area contributed by atoms with Crippen LogP contribution in [0.4, 0.5) is 0 Å². The van der Waals surface area contributed by atoms with Crippen molar-refractivity contribution in [2.45, 2.75) is 13.5 Å². The molecule has 13 heavy (non-hydrogen) atoms. The van der Waals surface area contributed by atoms with Gasteiger partial charge in [0, 0.05) is 12.6 Å². The number of nitrogens with zero attached hydrogens (tertiary/aromatic N) is 1. The largest absolute Gasteiger partial charge is 0.494 e. The predicted molar refractivity (Wildman–Crippen MR) is 50.9 cm³/mol. The maximum Gasteiger partial charge on any atom is 0.123 e. The van der Waals surface area contributed by atoms with E-state index in [1.807, 2.05) is 31.2 Å². The van der Waals surface area contributed by atoms with E-state index < -0.39 is 0 Å². The summed E-state index contributed by atoms with van der Waals surface area (Å²) in [5.41, 5.74) is 0.995. The van der Waals surface area contributed by atoms with Crippen molar-refractivity contribution < 1.29 is 9.94 Å². The Bertz CT molecular complexity index is 261. The van der Waals surface area contributed by atoms with Crippen LogP contribution in [0.3, 0.4) is 0 Å². The van der Waals surface area contributed by atoms with E-state index in [9.17, 15) is 0 Å². The van der Waals surface area contributed by atoms with Gasteiger partial charge in [0.2, 0.25) is 0 Å². The Balaban J connectivity index is 2.78. The number of rotatable bonds is 4. The number of hydroxylamine groups is 2. The highest BCUT2D eigenvalue weighted by atomic mass is 16.5. The molecule has 1 N–H and O–H groups in total. The summed E-state index contributed by atoms with van der Waals surface area (Å²) in [4.78, 5) is 0. The third kappa shape index (κ3) is 3.05. The van der Waals surface area contributed by atoms with Crippen molar-refractivity contribution in [2.24, 2.45) is 0 Å². The lowest BCUT2D eigenvalue weighted by Gasteiger charge is -2.12. The first-order chi connectivity index (χ1) is 6.24. The summed E-state index contributed by atoms with van der Waals surface area (Å²) in [5.74, 6) is 0.839. The third-order valence-electron chi connectivity index (χ3n) is 1.67. The standard InChI is InChI=1S/C10H15NO2/c1-3-13-10-7-5-4-6-9(10)8-11(2)12/h4-7,12H,3,8H2,1-2H3. The topological polar surface area (TPSA) is 32.7 Å². The van der Waals surface area contributed by atoms with Gasteiger partial charge in [0.15, 0.2) is 0 Å². The molecule has 0 amide bonds. The van der Waals surface area contributed by atoms with Crippen LogP contribution in [0.15, 0.2) is 24.3 Å². The van der Waals surface area contributed by atoms with Crippen LogP contribution < -0.4 is 4.74 Å². The molecule has 0 aliphatic heterocycles. The van der Waals surface area contributed by atoms with E-state index in [4.69, 9.17) is 9.94 Å². The fraction of sp³-hybridized carbons (Fsp3) is 0.400. The van der Waals surface area contributed by atoms with Gasteiger partial charge in [-0.05, 0) is 13.0 Å². The van der Waals surface area contributed by atoms with Crippen LogP contribution >= 0.6 is 0 Å². The molecule has 0 aliphatic carbocycles. The van der Waals surface area contributed by atoms with E-state index in [-0.39, 0.29) is 0 Å². The average molecular weight is 181 g/mol. The van der Waals surface area contributed by atoms with E-state index in [1.165, 1.54) is 0 Å². The Morgan fingerprint density at radius 1 is 1.38 bits per heavy atom. The van der Waals surface area contributed by atoms with Crippen molar-refractivity contribution in [2.75, 3.05) is 13.7 Å². The quantitative estimate of drug-likeness (QED) is 0.720. The Labute approximate surface area is 78.5 Å². The molecule has 0 spiro atoms.